The minimum absolute atomic E-state index is 0.0545. The van der Waals surface area contributed by atoms with Gasteiger partial charge >= 0.3 is 5.97 Å². The number of rotatable bonds is 5. The van der Waals surface area contributed by atoms with E-state index in [9.17, 15) is 9.90 Å². The average molecular weight is 448 g/mol. The lowest BCUT2D eigenvalue weighted by Crippen LogP contribution is -2.48. The summed E-state index contributed by atoms with van der Waals surface area (Å²) < 4.78 is 5.56. The van der Waals surface area contributed by atoms with E-state index < -0.39 is 18.1 Å². The van der Waals surface area contributed by atoms with E-state index in [0.29, 0.717) is 23.1 Å². The Bertz CT molecular complexity index is 1020. The van der Waals surface area contributed by atoms with Crippen LogP contribution in [0.2, 0.25) is 10.0 Å². The van der Waals surface area contributed by atoms with Crippen molar-refractivity contribution >= 4 is 40.5 Å². The Kier molecular flexibility index (Phi) is 6.23. The second kappa shape index (κ2) is 8.86. The molecule has 0 radical (unpaired) electrons. The number of carbonyl (C=O) groups excluding carboxylic acids is 1. The number of aliphatic hydroxyl groups excluding tert-OH is 1. The molecule has 2 atom stereocenters. The molecule has 0 saturated heterocycles. The zero-order chi connectivity index (χ0) is 20.4. The summed E-state index contributed by atoms with van der Waals surface area (Å²) in [5, 5.41) is 14.1. The third-order valence-electron chi connectivity index (χ3n) is 5.02. The molecule has 2 unspecified atom stereocenters. The van der Waals surface area contributed by atoms with Crippen LogP contribution in [0.3, 0.4) is 0 Å². The van der Waals surface area contributed by atoms with Crippen molar-refractivity contribution in [1.29, 1.82) is 0 Å². The molecule has 4 nitrogen and oxygen atoms in total. The van der Waals surface area contributed by atoms with Crippen LogP contribution in [0.4, 0.5) is 0 Å². The predicted molar refractivity (Wildman–Crippen MR) is 115 cm³/mol. The first-order valence-corrected chi connectivity index (χ1v) is 10.8. The molecule has 2 heterocycles. The van der Waals surface area contributed by atoms with Gasteiger partial charge in [0.15, 0.2) is 0 Å². The molecule has 0 aliphatic carbocycles. The molecule has 3 aromatic rings. The van der Waals surface area contributed by atoms with Gasteiger partial charge in [-0.25, -0.2) is 0 Å². The highest BCUT2D eigenvalue weighted by atomic mass is 35.5. The summed E-state index contributed by atoms with van der Waals surface area (Å²) in [7, 11) is 0. The standard InChI is InChI=1S/C22H19Cl2NO3S/c23-17-7-3-1-5-14(17)11-25-12-15-9-10-29-21(15)20(26)19(25)22(27)28-13-16-6-2-4-8-18(16)24/h1-10,19-20,26H,11-13H2. The fraction of sp³-hybridized carbons (Fsp3) is 0.227. The monoisotopic (exact) mass is 447 g/mol. The van der Waals surface area contributed by atoms with Crippen LogP contribution in [0.1, 0.15) is 27.7 Å². The Hall–Kier alpha value is -1.89. The quantitative estimate of drug-likeness (QED) is 0.544. The lowest BCUT2D eigenvalue weighted by molar-refractivity contribution is -0.158. The molecule has 0 bridgehead atoms. The van der Waals surface area contributed by atoms with Gasteiger partial charge in [0.2, 0.25) is 0 Å². The molecule has 150 valence electrons. The maximum atomic E-state index is 13.0. The zero-order valence-electron chi connectivity index (χ0n) is 15.4. The molecule has 1 aliphatic rings. The Morgan fingerprint density at radius 2 is 1.72 bits per heavy atom. The van der Waals surface area contributed by atoms with Crippen LogP contribution in [-0.4, -0.2) is 22.0 Å². The maximum absolute atomic E-state index is 13.0. The number of carbonyl (C=O) groups is 1. The fourth-order valence-corrected chi connectivity index (χ4v) is 4.84. The van der Waals surface area contributed by atoms with Gasteiger partial charge in [0.1, 0.15) is 18.8 Å². The van der Waals surface area contributed by atoms with Gasteiger partial charge in [0, 0.05) is 33.6 Å². The molecule has 7 heteroatoms. The molecule has 1 aromatic heterocycles. The Morgan fingerprint density at radius 3 is 2.41 bits per heavy atom. The molecule has 1 aliphatic heterocycles. The molecule has 0 saturated carbocycles. The molecular formula is C22H19Cl2NO3S. The smallest absolute Gasteiger partial charge is 0.326 e. The van der Waals surface area contributed by atoms with E-state index in [0.717, 1.165) is 21.6 Å². The first-order valence-electron chi connectivity index (χ1n) is 9.16. The Labute approximate surface area is 183 Å². The molecule has 29 heavy (non-hydrogen) atoms. The van der Waals surface area contributed by atoms with Crippen LogP contribution in [0.25, 0.3) is 0 Å². The van der Waals surface area contributed by atoms with Crippen LogP contribution in [-0.2, 0) is 29.2 Å². The predicted octanol–water partition coefficient (Wildman–Crippen LogP) is 5.22. The third kappa shape index (κ3) is 4.34. The van der Waals surface area contributed by atoms with Gasteiger partial charge in [0.05, 0.1) is 0 Å². The first kappa shape index (κ1) is 20.4. The summed E-state index contributed by atoms with van der Waals surface area (Å²) >= 11 is 13.9. The second-order valence-corrected chi connectivity index (χ2v) is 8.66. The number of thiophene rings is 1. The Balaban J connectivity index is 1.57. The van der Waals surface area contributed by atoms with Gasteiger partial charge < -0.3 is 9.84 Å². The van der Waals surface area contributed by atoms with Crippen molar-refractivity contribution in [2.45, 2.75) is 31.8 Å². The molecule has 1 N–H and O–H groups in total. The number of hydrogen-bond acceptors (Lipinski definition) is 5. The molecule has 0 spiro atoms. The SMILES string of the molecule is O=C(OCc1ccccc1Cl)C1C(O)c2sccc2CN1Cc1ccccc1Cl. The Morgan fingerprint density at radius 1 is 1.07 bits per heavy atom. The molecule has 4 rings (SSSR count). The number of benzene rings is 2. The lowest BCUT2D eigenvalue weighted by Gasteiger charge is -2.37. The summed E-state index contributed by atoms with van der Waals surface area (Å²) in [5.41, 5.74) is 2.64. The van der Waals surface area contributed by atoms with Crippen LogP contribution >= 0.6 is 34.5 Å². The van der Waals surface area contributed by atoms with Crippen molar-refractivity contribution in [3.05, 3.63) is 91.6 Å². The third-order valence-corrected chi connectivity index (χ3v) is 6.78. The van der Waals surface area contributed by atoms with Crippen molar-refractivity contribution in [2.24, 2.45) is 0 Å². The van der Waals surface area contributed by atoms with Gasteiger partial charge in [0.25, 0.3) is 0 Å². The summed E-state index contributed by atoms with van der Waals surface area (Å²) in [4.78, 5) is 15.7. The van der Waals surface area contributed by atoms with E-state index >= 15 is 0 Å². The summed E-state index contributed by atoms with van der Waals surface area (Å²) in [6, 6.07) is 15.9. The number of nitrogens with zero attached hydrogens (tertiary/aromatic N) is 1. The fourth-order valence-electron chi connectivity index (χ4n) is 3.53. The molecular weight excluding hydrogens is 429 g/mol. The number of fused-ring (bicyclic) bond motifs is 1. The molecule has 0 fully saturated rings. The van der Waals surface area contributed by atoms with E-state index in [1.807, 2.05) is 58.8 Å². The van der Waals surface area contributed by atoms with E-state index in [1.165, 1.54) is 11.3 Å². The number of aliphatic hydroxyl groups is 1. The minimum atomic E-state index is -0.958. The average Bonchev–Trinajstić information content (AvgIpc) is 3.18. The van der Waals surface area contributed by atoms with E-state index in [1.54, 1.807) is 6.07 Å². The van der Waals surface area contributed by atoms with Crippen molar-refractivity contribution in [2.75, 3.05) is 0 Å². The van der Waals surface area contributed by atoms with E-state index in [-0.39, 0.29) is 6.61 Å². The number of halogens is 2. The van der Waals surface area contributed by atoms with Crippen LogP contribution < -0.4 is 0 Å². The molecule has 0 amide bonds. The zero-order valence-corrected chi connectivity index (χ0v) is 17.8. The highest BCUT2D eigenvalue weighted by Crippen LogP contribution is 2.37. The summed E-state index contributed by atoms with van der Waals surface area (Å²) in [6.07, 6.45) is -0.958. The maximum Gasteiger partial charge on any atom is 0.326 e. The number of ether oxygens (including phenoxy) is 1. The normalized spacial score (nSPS) is 19.0. The van der Waals surface area contributed by atoms with Crippen molar-refractivity contribution < 1.29 is 14.6 Å². The van der Waals surface area contributed by atoms with Crippen LogP contribution in [0.15, 0.2) is 60.0 Å². The van der Waals surface area contributed by atoms with Gasteiger partial charge in [-0.15, -0.1) is 11.3 Å². The minimum Gasteiger partial charge on any atom is -0.460 e. The number of hydrogen-bond donors (Lipinski definition) is 1. The lowest BCUT2D eigenvalue weighted by atomic mass is 9.98. The summed E-state index contributed by atoms with van der Waals surface area (Å²) in [6.45, 7) is 1.02. The van der Waals surface area contributed by atoms with Gasteiger partial charge in [-0.2, -0.15) is 0 Å². The van der Waals surface area contributed by atoms with Crippen LogP contribution in [0.5, 0.6) is 0 Å². The first-order chi connectivity index (χ1) is 14.0. The number of esters is 1. The van der Waals surface area contributed by atoms with Crippen LogP contribution in [0, 0.1) is 0 Å². The largest absolute Gasteiger partial charge is 0.460 e. The molecule has 2 aromatic carbocycles. The highest BCUT2D eigenvalue weighted by Gasteiger charge is 2.41. The van der Waals surface area contributed by atoms with Gasteiger partial charge in [-0.05, 0) is 34.7 Å². The van der Waals surface area contributed by atoms with Gasteiger partial charge in [-0.3, -0.25) is 9.69 Å². The topological polar surface area (TPSA) is 49.8 Å². The van der Waals surface area contributed by atoms with Crippen molar-refractivity contribution in [3.8, 4) is 0 Å². The van der Waals surface area contributed by atoms with Gasteiger partial charge in [-0.1, -0.05) is 59.6 Å². The highest BCUT2D eigenvalue weighted by molar-refractivity contribution is 7.10. The second-order valence-electron chi connectivity index (χ2n) is 6.90. The summed E-state index contributed by atoms with van der Waals surface area (Å²) in [5.74, 6) is -0.483. The van der Waals surface area contributed by atoms with Crippen molar-refractivity contribution in [3.63, 3.8) is 0 Å². The van der Waals surface area contributed by atoms with E-state index in [4.69, 9.17) is 27.9 Å². The van der Waals surface area contributed by atoms with Crippen molar-refractivity contribution in [1.82, 2.24) is 4.90 Å². The van der Waals surface area contributed by atoms with E-state index in [2.05, 4.69) is 0 Å².